The standard InChI is InChI=1S/C23H40O8S/c1-22(2,3)19-8-9-21(20(18-19)23(4,5)6)30-17-16-29-15-14-28-13-12-27-10-7-11-31-32(24,25)26/h8-9,18H,7,10-17H2,1-6H3,(H,24,25,26). The van der Waals surface area contributed by atoms with Gasteiger partial charge in [0.2, 0.25) is 0 Å². The Labute approximate surface area is 193 Å². The van der Waals surface area contributed by atoms with Crippen molar-refractivity contribution in [2.75, 3.05) is 52.9 Å². The van der Waals surface area contributed by atoms with Crippen molar-refractivity contribution in [3.05, 3.63) is 29.3 Å². The quantitative estimate of drug-likeness (QED) is 0.300. The van der Waals surface area contributed by atoms with Gasteiger partial charge in [0, 0.05) is 6.61 Å². The Bertz CT molecular complexity index is 763. The van der Waals surface area contributed by atoms with Crippen molar-refractivity contribution in [1.29, 1.82) is 0 Å². The summed E-state index contributed by atoms with van der Waals surface area (Å²) in [7, 11) is -4.37. The molecular formula is C23H40O8S. The molecule has 186 valence electrons. The molecule has 1 rings (SSSR count). The summed E-state index contributed by atoms with van der Waals surface area (Å²) in [6.07, 6.45) is 0.360. The van der Waals surface area contributed by atoms with Crippen LogP contribution in [0.4, 0.5) is 0 Å². The van der Waals surface area contributed by atoms with Gasteiger partial charge >= 0.3 is 10.4 Å². The van der Waals surface area contributed by atoms with Crippen molar-refractivity contribution >= 4 is 10.4 Å². The van der Waals surface area contributed by atoms with Crippen molar-refractivity contribution in [1.82, 2.24) is 0 Å². The molecule has 0 amide bonds. The first-order valence-corrected chi connectivity index (χ1v) is 12.3. The fraction of sp³-hybridized carbons (Fsp3) is 0.739. The van der Waals surface area contributed by atoms with E-state index in [0.717, 1.165) is 5.75 Å². The van der Waals surface area contributed by atoms with E-state index in [1.165, 1.54) is 11.1 Å². The number of ether oxygens (including phenoxy) is 4. The molecule has 0 atom stereocenters. The van der Waals surface area contributed by atoms with E-state index >= 15 is 0 Å². The molecule has 1 aromatic rings. The Morgan fingerprint density at radius 1 is 0.750 bits per heavy atom. The Balaban J connectivity index is 2.16. The number of hydrogen-bond donors (Lipinski definition) is 1. The molecule has 0 aromatic heterocycles. The first-order chi connectivity index (χ1) is 14.8. The van der Waals surface area contributed by atoms with Crippen LogP contribution < -0.4 is 4.74 Å². The molecular weight excluding hydrogens is 436 g/mol. The normalized spacial score (nSPS) is 12.8. The zero-order valence-electron chi connectivity index (χ0n) is 20.3. The third-order valence-corrected chi connectivity index (χ3v) is 5.01. The summed E-state index contributed by atoms with van der Waals surface area (Å²) >= 11 is 0. The minimum absolute atomic E-state index is 0.0169. The highest BCUT2D eigenvalue weighted by Gasteiger charge is 2.23. The lowest BCUT2D eigenvalue weighted by atomic mass is 9.80. The van der Waals surface area contributed by atoms with Gasteiger partial charge in [0.15, 0.2) is 0 Å². The van der Waals surface area contributed by atoms with Gasteiger partial charge in [-0.05, 0) is 34.4 Å². The topological polar surface area (TPSA) is 101 Å². The van der Waals surface area contributed by atoms with Crippen LogP contribution in [-0.2, 0) is 39.6 Å². The molecule has 0 saturated carbocycles. The van der Waals surface area contributed by atoms with Gasteiger partial charge in [-0.3, -0.25) is 4.55 Å². The van der Waals surface area contributed by atoms with Gasteiger partial charge in [0.1, 0.15) is 12.4 Å². The van der Waals surface area contributed by atoms with Crippen molar-refractivity contribution in [2.24, 2.45) is 0 Å². The van der Waals surface area contributed by atoms with E-state index in [2.05, 4.69) is 63.9 Å². The summed E-state index contributed by atoms with van der Waals surface area (Å²) in [6.45, 7) is 16.0. The van der Waals surface area contributed by atoms with Gasteiger partial charge in [-0.2, -0.15) is 8.42 Å². The zero-order chi connectivity index (χ0) is 24.3. The molecule has 0 unspecified atom stereocenters. The van der Waals surface area contributed by atoms with Crippen LogP contribution in [0.15, 0.2) is 18.2 Å². The maximum absolute atomic E-state index is 10.4. The van der Waals surface area contributed by atoms with Crippen LogP contribution in [0.1, 0.15) is 59.1 Å². The van der Waals surface area contributed by atoms with Crippen LogP contribution in [0.25, 0.3) is 0 Å². The van der Waals surface area contributed by atoms with E-state index in [1.54, 1.807) is 0 Å². The minimum Gasteiger partial charge on any atom is -0.491 e. The molecule has 9 heteroatoms. The van der Waals surface area contributed by atoms with Crippen LogP contribution >= 0.6 is 0 Å². The van der Waals surface area contributed by atoms with Crippen LogP contribution in [0.3, 0.4) is 0 Å². The summed E-state index contributed by atoms with van der Waals surface area (Å²) < 4.78 is 55.5. The fourth-order valence-electron chi connectivity index (χ4n) is 2.79. The Morgan fingerprint density at radius 2 is 1.28 bits per heavy atom. The van der Waals surface area contributed by atoms with Crippen molar-refractivity contribution in [3.8, 4) is 5.75 Å². The van der Waals surface area contributed by atoms with Gasteiger partial charge in [0.05, 0.1) is 39.6 Å². The average Bonchev–Trinajstić information content (AvgIpc) is 2.65. The van der Waals surface area contributed by atoms with E-state index < -0.39 is 10.4 Å². The highest BCUT2D eigenvalue weighted by molar-refractivity contribution is 7.80. The van der Waals surface area contributed by atoms with Gasteiger partial charge in [-0.15, -0.1) is 0 Å². The average molecular weight is 477 g/mol. The van der Waals surface area contributed by atoms with Crippen LogP contribution in [-0.4, -0.2) is 65.8 Å². The first-order valence-electron chi connectivity index (χ1n) is 10.9. The summed E-state index contributed by atoms with van der Waals surface area (Å²) in [5.74, 6) is 0.893. The number of rotatable bonds is 15. The second kappa shape index (κ2) is 13.5. The molecule has 1 aromatic carbocycles. The molecule has 0 heterocycles. The van der Waals surface area contributed by atoms with E-state index in [-0.39, 0.29) is 17.4 Å². The highest BCUT2D eigenvalue weighted by Crippen LogP contribution is 2.35. The largest absolute Gasteiger partial charge is 0.491 e. The van der Waals surface area contributed by atoms with Gasteiger partial charge < -0.3 is 18.9 Å². The summed E-state index contributed by atoms with van der Waals surface area (Å²) in [6, 6.07) is 6.43. The number of hydrogen-bond acceptors (Lipinski definition) is 7. The SMILES string of the molecule is CC(C)(C)c1ccc(OCCOCCOCCOCCCOS(=O)(=O)O)c(C(C)(C)C)c1. The van der Waals surface area contributed by atoms with Crippen LogP contribution in [0.5, 0.6) is 5.75 Å². The lowest BCUT2D eigenvalue weighted by Gasteiger charge is -2.27. The lowest BCUT2D eigenvalue weighted by molar-refractivity contribution is 0.00773. The third kappa shape index (κ3) is 12.7. The van der Waals surface area contributed by atoms with Crippen LogP contribution in [0, 0.1) is 0 Å². The molecule has 32 heavy (non-hydrogen) atoms. The molecule has 0 aliphatic heterocycles. The summed E-state index contributed by atoms with van der Waals surface area (Å²) in [5.41, 5.74) is 2.55. The van der Waals surface area contributed by atoms with Crippen molar-refractivity contribution < 1.29 is 36.1 Å². The minimum atomic E-state index is -4.37. The predicted molar refractivity (Wildman–Crippen MR) is 124 cm³/mol. The van der Waals surface area contributed by atoms with Crippen molar-refractivity contribution in [3.63, 3.8) is 0 Å². The maximum Gasteiger partial charge on any atom is 0.397 e. The molecule has 0 radical (unpaired) electrons. The lowest BCUT2D eigenvalue weighted by Crippen LogP contribution is -2.19. The van der Waals surface area contributed by atoms with Gasteiger partial charge in [-0.25, -0.2) is 4.18 Å². The second-order valence-corrected chi connectivity index (χ2v) is 10.6. The van der Waals surface area contributed by atoms with Gasteiger partial charge in [-0.1, -0.05) is 53.7 Å². The third-order valence-electron chi connectivity index (χ3n) is 4.55. The molecule has 0 saturated heterocycles. The van der Waals surface area contributed by atoms with E-state index in [9.17, 15) is 8.42 Å². The number of benzene rings is 1. The van der Waals surface area contributed by atoms with E-state index in [4.69, 9.17) is 23.5 Å². The van der Waals surface area contributed by atoms with E-state index in [1.807, 2.05) is 0 Å². The smallest absolute Gasteiger partial charge is 0.397 e. The van der Waals surface area contributed by atoms with Crippen molar-refractivity contribution in [2.45, 2.75) is 58.8 Å². The molecule has 0 spiro atoms. The molecule has 1 N–H and O–H groups in total. The molecule has 0 fully saturated rings. The molecule has 0 aliphatic carbocycles. The Hall–Kier alpha value is -1.23. The summed E-state index contributed by atoms with van der Waals surface area (Å²) in [4.78, 5) is 0. The molecule has 0 aliphatic rings. The molecule has 8 nitrogen and oxygen atoms in total. The Kier molecular flexibility index (Phi) is 12.1. The molecule has 0 bridgehead atoms. The second-order valence-electron chi connectivity index (χ2n) is 9.50. The predicted octanol–water partition coefficient (Wildman–Crippen LogP) is 3.92. The summed E-state index contributed by atoms with van der Waals surface area (Å²) in [5, 5.41) is 0. The van der Waals surface area contributed by atoms with Crippen LogP contribution in [0.2, 0.25) is 0 Å². The van der Waals surface area contributed by atoms with Gasteiger partial charge in [0.25, 0.3) is 0 Å². The fourth-order valence-corrected chi connectivity index (χ4v) is 3.11. The zero-order valence-corrected chi connectivity index (χ0v) is 21.1. The highest BCUT2D eigenvalue weighted by atomic mass is 32.3. The first kappa shape index (κ1) is 28.8. The Morgan fingerprint density at radius 3 is 1.78 bits per heavy atom. The monoisotopic (exact) mass is 476 g/mol. The van der Waals surface area contributed by atoms with E-state index in [0.29, 0.717) is 52.7 Å². The maximum atomic E-state index is 10.4.